The molecule has 1 aliphatic carbocycles. The fraction of sp³-hybridized carbons (Fsp3) is 0.560. The molecule has 0 amide bonds. The van der Waals surface area contributed by atoms with Crippen molar-refractivity contribution in [1.29, 1.82) is 0 Å². The molecular weight excluding hydrogens is 444 g/mol. The molecule has 1 saturated heterocycles. The first kappa shape index (κ1) is 27.5. The average molecular weight is 479 g/mol. The number of esters is 3. The van der Waals surface area contributed by atoms with Crippen molar-refractivity contribution in [3.8, 4) is 0 Å². The molecule has 1 aliphatic heterocycles. The number of ether oxygens (including phenoxy) is 3. The van der Waals surface area contributed by atoms with E-state index in [1.807, 2.05) is 13.0 Å². The fourth-order valence-corrected chi connectivity index (χ4v) is 3.70. The predicted molar refractivity (Wildman–Crippen MR) is 122 cm³/mol. The van der Waals surface area contributed by atoms with Gasteiger partial charge in [0, 0.05) is 12.0 Å². The van der Waals surface area contributed by atoms with Crippen LogP contribution >= 0.6 is 0 Å². The molecule has 0 aromatic rings. The summed E-state index contributed by atoms with van der Waals surface area (Å²) in [6.45, 7) is 9.68. The third kappa shape index (κ3) is 6.88. The maximum atomic E-state index is 12.8. The molecular formula is C25H34O9. The maximum absolute atomic E-state index is 12.8. The summed E-state index contributed by atoms with van der Waals surface area (Å²) in [7, 11) is 0. The number of hydrogen-bond donors (Lipinski definition) is 3. The molecule has 2 aliphatic rings. The van der Waals surface area contributed by atoms with Gasteiger partial charge in [0.25, 0.3) is 0 Å². The van der Waals surface area contributed by atoms with Crippen LogP contribution in [0.1, 0.15) is 40.5 Å². The van der Waals surface area contributed by atoms with E-state index in [4.69, 9.17) is 14.2 Å². The number of carbonyl (C=O) groups is 3. The molecule has 188 valence electrons. The van der Waals surface area contributed by atoms with Gasteiger partial charge in [0.1, 0.15) is 18.8 Å². The van der Waals surface area contributed by atoms with Gasteiger partial charge in [-0.25, -0.2) is 14.4 Å². The molecule has 3 N–H and O–H groups in total. The standard InChI is InChI=1S/C25H34O9/c1-13(2)22(28)25(31)32-9-8-17(12-26)24(30)34-19-10-14(3)6-7-18(27)15(4)11-20-21(19)16(5)23(29)33-20/h6,8,11,13,18-22,26-28H,5,7,9-10,12H2,1-4H3/b14-6+,15-11+,17-8+/t18-,19+,20+,21+,22?/m0/s1. The highest BCUT2D eigenvalue weighted by Crippen LogP contribution is 2.36. The van der Waals surface area contributed by atoms with Crippen LogP contribution in [0.25, 0.3) is 0 Å². The monoisotopic (exact) mass is 478 g/mol. The average Bonchev–Trinajstić information content (AvgIpc) is 3.05. The lowest BCUT2D eigenvalue weighted by Gasteiger charge is -2.28. The number of hydrogen-bond acceptors (Lipinski definition) is 9. The Bertz CT molecular complexity index is 896. The van der Waals surface area contributed by atoms with Crippen LogP contribution in [-0.2, 0) is 28.6 Å². The first-order valence-electron chi connectivity index (χ1n) is 11.2. The van der Waals surface area contributed by atoms with E-state index in [0.717, 1.165) is 5.57 Å². The summed E-state index contributed by atoms with van der Waals surface area (Å²) in [5, 5.41) is 29.7. The van der Waals surface area contributed by atoms with E-state index in [0.29, 0.717) is 12.0 Å². The van der Waals surface area contributed by atoms with Crippen LogP contribution < -0.4 is 0 Å². The minimum atomic E-state index is -1.30. The van der Waals surface area contributed by atoms with Gasteiger partial charge in [0.2, 0.25) is 0 Å². The number of carbonyl (C=O) groups excluding carboxylic acids is 3. The van der Waals surface area contributed by atoms with Crippen molar-refractivity contribution in [3.63, 3.8) is 0 Å². The minimum Gasteiger partial charge on any atom is -0.460 e. The zero-order valence-corrected chi connectivity index (χ0v) is 20.0. The summed E-state index contributed by atoms with van der Waals surface area (Å²) < 4.78 is 16.1. The number of aliphatic hydroxyl groups excluding tert-OH is 3. The Balaban J connectivity index is 2.23. The normalized spacial score (nSPS) is 29.8. The van der Waals surface area contributed by atoms with E-state index >= 15 is 0 Å². The van der Waals surface area contributed by atoms with Gasteiger partial charge >= 0.3 is 17.9 Å². The van der Waals surface area contributed by atoms with Crippen molar-refractivity contribution in [3.05, 3.63) is 47.1 Å². The first-order valence-corrected chi connectivity index (χ1v) is 11.2. The van der Waals surface area contributed by atoms with Gasteiger partial charge < -0.3 is 29.5 Å². The zero-order valence-electron chi connectivity index (χ0n) is 20.0. The summed E-state index contributed by atoms with van der Waals surface area (Å²) in [5.41, 5.74) is 1.47. The molecule has 0 spiro atoms. The summed E-state index contributed by atoms with van der Waals surface area (Å²) in [5.74, 6) is -3.30. The highest BCUT2D eigenvalue weighted by molar-refractivity contribution is 5.92. The van der Waals surface area contributed by atoms with Gasteiger partial charge in [-0.3, -0.25) is 0 Å². The van der Waals surface area contributed by atoms with E-state index in [2.05, 4.69) is 6.58 Å². The van der Waals surface area contributed by atoms with E-state index in [1.54, 1.807) is 26.8 Å². The van der Waals surface area contributed by atoms with Crippen molar-refractivity contribution in [2.24, 2.45) is 11.8 Å². The number of aliphatic hydroxyl groups is 3. The molecule has 0 bridgehead atoms. The lowest BCUT2D eigenvalue weighted by Crippen LogP contribution is -2.34. The van der Waals surface area contributed by atoms with Crippen molar-refractivity contribution in [2.45, 2.75) is 65.0 Å². The Morgan fingerprint density at radius 2 is 2.00 bits per heavy atom. The quantitative estimate of drug-likeness (QED) is 0.215. The highest BCUT2D eigenvalue weighted by Gasteiger charge is 2.44. The van der Waals surface area contributed by atoms with Crippen molar-refractivity contribution < 1.29 is 43.9 Å². The van der Waals surface area contributed by atoms with Crippen LogP contribution in [0.4, 0.5) is 0 Å². The van der Waals surface area contributed by atoms with E-state index in [-0.39, 0.29) is 30.1 Å². The summed E-state index contributed by atoms with van der Waals surface area (Å²) in [4.78, 5) is 36.9. The Labute approximate surface area is 199 Å². The molecule has 9 nitrogen and oxygen atoms in total. The van der Waals surface area contributed by atoms with E-state index in [1.165, 1.54) is 6.08 Å². The molecule has 9 heteroatoms. The largest absolute Gasteiger partial charge is 0.460 e. The molecule has 1 fully saturated rings. The molecule has 0 aromatic heterocycles. The zero-order chi connectivity index (χ0) is 25.6. The highest BCUT2D eigenvalue weighted by atomic mass is 16.6. The second-order valence-electron chi connectivity index (χ2n) is 8.99. The third-order valence-electron chi connectivity index (χ3n) is 5.95. The lowest BCUT2D eigenvalue weighted by atomic mass is 9.85. The Morgan fingerprint density at radius 3 is 2.62 bits per heavy atom. The van der Waals surface area contributed by atoms with Crippen LogP contribution in [0.5, 0.6) is 0 Å². The van der Waals surface area contributed by atoms with Crippen LogP contribution in [-0.4, -0.2) is 70.9 Å². The molecule has 1 unspecified atom stereocenters. The van der Waals surface area contributed by atoms with Gasteiger partial charge in [0.15, 0.2) is 6.10 Å². The third-order valence-corrected chi connectivity index (χ3v) is 5.95. The first-order chi connectivity index (χ1) is 16.0. The van der Waals surface area contributed by atoms with Gasteiger partial charge in [0.05, 0.1) is 24.2 Å². The molecule has 1 heterocycles. The van der Waals surface area contributed by atoms with Crippen LogP contribution in [0.2, 0.25) is 0 Å². The SMILES string of the molecule is C=C1C(=O)O[C@@H]2/C=C(\C)[C@@H](O)C/C=C(\C)C[C@@H](OC(=O)/C(=C/COC(=O)C(O)C(C)C)CO)[C@@H]12. The molecule has 0 radical (unpaired) electrons. The molecule has 5 atom stereocenters. The Kier molecular flexibility index (Phi) is 9.78. The summed E-state index contributed by atoms with van der Waals surface area (Å²) in [6.07, 6.45) is 1.68. The van der Waals surface area contributed by atoms with Gasteiger partial charge in [-0.2, -0.15) is 0 Å². The molecule has 0 aromatic carbocycles. The predicted octanol–water partition coefficient (Wildman–Crippen LogP) is 1.52. The van der Waals surface area contributed by atoms with Gasteiger partial charge in [-0.05, 0) is 43.9 Å². The number of fused-ring (bicyclic) bond motifs is 1. The lowest BCUT2D eigenvalue weighted by molar-refractivity contribution is -0.155. The van der Waals surface area contributed by atoms with Crippen LogP contribution in [0, 0.1) is 11.8 Å². The Hall–Kier alpha value is -2.75. The topological polar surface area (TPSA) is 140 Å². The summed E-state index contributed by atoms with van der Waals surface area (Å²) >= 11 is 0. The second kappa shape index (κ2) is 12.1. The molecule has 2 rings (SSSR count). The molecule has 34 heavy (non-hydrogen) atoms. The number of rotatable bonds is 7. The van der Waals surface area contributed by atoms with Crippen molar-refractivity contribution >= 4 is 17.9 Å². The van der Waals surface area contributed by atoms with Gasteiger partial charge in [-0.15, -0.1) is 0 Å². The van der Waals surface area contributed by atoms with Crippen LogP contribution in [0.15, 0.2) is 47.1 Å². The minimum absolute atomic E-state index is 0.139. The fourth-order valence-electron chi connectivity index (χ4n) is 3.70. The van der Waals surface area contributed by atoms with Gasteiger partial charge in [-0.1, -0.05) is 32.1 Å². The smallest absolute Gasteiger partial charge is 0.336 e. The van der Waals surface area contributed by atoms with Crippen molar-refractivity contribution in [2.75, 3.05) is 13.2 Å². The maximum Gasteiger partial charge on any atom is 0.336 e. The van der Waals surface area contributed by atoms with Crippen LogP contribution in [0.3, 0.4) is 0 Å². The Morgan fingerprint density at radius 1 is 1.32 bits per heavy atom. The van der Waals surface area contributed by atoms with E-state index < -0.39 is 54.8 Å². The molecule has 0 saturated carbocycles. The van der Waals surface area contributed by atoms with E-state index in [9.17, 15) is 29.7 Å². The summed E-state index contributed by atoms with van der Waals surface area (Å²) in [6, 6.07) is 0. The van der Waals surface area contributed by atoms with Crippen molar-refractivity contribution in [1.82, 2.24) is 0 Å². The second-order valence-corrected chi connectivity index (χ2v) is 8.99.